The van der Waals surface area contributed by atoms with Crippen molar-refractivity contribution in [2.75, 3.05) is 19.6 Å². The van der Waals surface area contributed by atoms with Gasteiger partial charge in [-0.2, -0.15) is 0 Å². The third kappa shape index (κ3) is 7.70. The Labute approximate surface area is 133 Å². The summed E-state index contributed by atoms with van der Waals surface area (Å²) in [5.74, 6) is -0.121. The number of carbonyl (C=O) groups is 1. The highest BCUT2D eigenvalue weighted by molar-refractivity contribution is 5.85. The minimum Gasteiger partial charge on any atom is -0.351 e. The number of hydrogen-bond acceptors (Lipinski definition) is 3. The van der Waals surface area contributed by atoms with Gasteiger partial charge in [-0.3, -0.25) is 9.69 Å². The molecule has 0 atom stereocenters. The van der Waals surface area contributed by atoms with E-state index < -0.39 is 0 Å². The van der Waals surface area contributed by atoms with Crippen LogP contribution in [0.4, 0.5) is 0 Å². The van der Waals surface area contributed by atoms with Crippen molar-refractivity contribution in [1.29, 1.82) is 0 Å². The molecular weight excluding hydrogens is 297 g/mol. The Morgan fingerprint density at radius 1 is 1.20 bits per heavy atom. The molecule has 3 N–H and O–H groups in total. The van der Waals surface area contributed by atoms with Crippen LogP contribution in [0.1, 0.15) is 25.0 Å². The van der Waals surface area contributed by atoms with Crippen LogP contribution in [-0.2, 0) is 17.9 Å². The summed E-state index contributed by atoms with van der Waals surface area (Å²) in [6.45, 7) is 7.95. The predicted molar refractivity (Wildman–Crippen MR) is 88.5 cm³/mol. The fourth-order valence-electron chi connectivity index (χ4n) is 1.82. The van der Waals surface area contributed by atoms with Crippen LogP contribution >= 0.6 is 24.8 Å². The van der Waals surface area contributed by atoms with E-state index in [0.29, 0.717) is 6.54 Å². The third-order valence-electron chi connectivity index (χ3n) is 2.97. The highest BCUT2D eigenvalue weighted by Gasteiger charge is 2.03. The van der Waals surface area contributed by atoms with Gasteiger partial charge in [-0.05, 0) is 24.2 Å². The molecule has 1 aromatic carbocycles. The van der Waals surface area contributed by atoms with Crippen LogP contribution in [0.25, 0.3) is 0 Å². The highest BCUT2D eigenvalue weighted by atomic mass is 35.5. The number of nitrogens with two attached hydrogens (primary N) is 1. The molecule has 0 fully saturated rings. The van der Waals surface area contributed by atoms with E-state index in [1.165, 1.54) is 5.56 Å². The maximum absolute atomic E-state index is 11.1. The standard InChI is InChI=1S/C14H23N3O.2ClH/c1-3-17(4-2)11-13-7-5-6-12(8-13)10-16-14(18)9-15;;/h5-8H,3-4,9-11,15H2,1-2H3,(H,16,18);2*1H. The summed E-state index contributed by atoms with van der Waals surface area (Å²) in [5, 5.41) is 2.78. The first kappa shape index (κ1) is 21.5. The Morgan fingerprint density at radius 2 is 1.80 bits per heavy atom. The van der Waals surface area contributed by atoms with Crippen molar-refractivity contribution in [2.24, 2.45) is 5.73 Å². The SMILES string of the molecule is CCN(CC)Cc1cccc(CNC(=O)CN)c1.Cl.Cl. The largest absolute Gasteiger partial charge is 0.351 e. The fourth-order valence-corrected chi connectivity index (χ4v) is 1.82. The average Bonchev–Trinajstić information content (AvgIpc) is 2.42. The third-order valence-corrected chi connectivity index (χ3v) is 2.97. The van der Waals surface area contributed by atoms with E-state index in [-0.39, 0.29) is 37.3 Å². The zero-order valence-corrected chi connectivity index (χ0v) is 13.7. The molecule has 20 heavy (non-hydrogen) atoms. The molecule has 0 aromatic heterocycles. The van der Waals surface area contributed by atoms with Crippen molar-refractivity contribution >= 4 is 30.7 Å². The Morgan fingerprint density at radius 3 is 2.35 bits per heavy atom. The van der Waals surface area contributed by atoms with Crippen LogP contribution in [0.2, 0.25) is 0 Å². The summed E-state index contributed by atoms with van der Waals surface area (Å²) in [6, 6.07) is 8.30. The molecular formula is C14H25Cl2N3O. The molecule has 0 bridgehead atoms. The van der Waals surface area contributed by atoms with E-state index in [0.717, 1.165) is 25.2 Å². The fraction of sp³-hybridized carbons (Fsp3) is 0.500. The number of hydrogen-bond donors (Lipinski definition) is 2. The summed E-state index contributed by atoms with van der Waals surface area (Å²) in [4.78, 5) is 13.5. The van der Waals surface area contributed by atoms with Crippen molar-refractivity contribution in [3.05, 3.63) is 35.4 Å². The lowest BCUT2D eigenvalue weighted by atomic mass is 10.1. The quantitative estimate of drug-likeness (QED) is 0.807. The van der Waals surface area contributed by atoms with Gasteiger partial charge in [0.15, 0.2) is 0 Å². The molecule has 116 valence electrons. The number of amides is 1. The first-order valence-corrected chi connectivity index (χ1v) is 6.46. The van der Waals surface area contributed by atoms with Gasteiger partial charge in [-0.15, -0.1) is 24.8 Å². The second-order valence-electron chi connectivity index (χ2n) is 4.26. The normalized spacial score (nSPS) is 9.60. The zero-order chi connectivity index (χ0) is 13.4. The van der Waals surface area contributed by atoms with Crippen molar-refractivity contribution < 1.29 is 4.79 Å². The first-order chi connectivity index (χ1) is 8.69. The molecule has 1 amide bonds. The Kier molecular flexibility index (Phi) is 12.9. The van der Waals surface area contributed by atoms with Gasteiger partial charge in [0.1, 0.15) is 0 Å². The van der Waals surface area contributed by atoms with Crippen LogP contribution in [0.15, 0.2) is 24.3 Å². The molecule has 0 aliphatic rings. The number of benzene rings is 1. The zero-order valence-electron chi connectivity index (χ0n) is 12.1. The molecule has 1 rings (SSSR count). The maximum Gasteiger partial charge on any atom is 0.234 e. The second-order valence-corrected chi connectivity index (χ2v) is 4.26. The van der Waals surface area contributed by atoms with Gasteiger partial charge in [-0.1, -0.05) is 38.1 Å². The van der Waals surface area contributed by atoms with Crippen molar-refractivity contribution in [3.63, 3.8) is 0 Å². The summed E-state index contributed by atoms with van der Waals surface area (Å²) >= 11 is 0. The lowest BCUT2D eigenvalue weighted by molar-refractivity contribution is -0.119. The summed E-state index contributed by atoms with van der Waals surface area (Å²) in [7, 11) is 0. The Hall–Kier alpha value is -0.810. The minimum atomic E-state index is -0.121. The van der Waals surface area contributed by atoms with Gasteiger partial charge < -0.3 is 11.1 Å². The van der Waals surface area contributed by atoms with E-state index in [1.54, 1.807) is 0 Å². The van der Waals surface area contributed by atoms with Gasteiger partial charge in [0.25, 0.3) is 0 Å². The van der Waals surface area contributed by atoms with E-state index in [2.05, 4.69) is 36.2 Å². The molecule has 0 aliphatic carbocycles. The second kappa shape index (κ2) is 12.0. The van der Waals surface area contributed by atoms with Crippen LogP contribution in [-0.4, -0.2) is 30.4 Å². The average molecular weight is 322 g/mol. The van der Waals surface area contributed by atoms with Gasteiger partial charge in [0.05, 0.1) is 6.54 Å². The van der Waals surface area contributed by atoms with E-state index >= 15 is 0 Å². The van der Waals surface area contributed by atoms with Gasteiger partial charge >= 0.3 is 0 Å². The monoisotopic (exact) mass is 321 g/mol. The van der Waals surface area contributed by atoms with Crippen LogP contribution in [0.3, 0.4) is 0 Å². The lowest BCUT2D eigenvalue weighted by Gasteiger charge is -2.18. The smallest absolute Gasteiger partial charge is 0.234 e. The number of nitrogens with zero attached hydrogens (tertiary/aromatic N) is 1. The van der Waals surface area contributed by atoms with Crippen molar-refractivity contribution in [1.82, 2.24) is 10.2 Å². The van der Waals surface area contributed by atoms with Gasteiger partial charge in [0, 0.05) is 13.1 Å². The number of rotatable bonds is 7. The number of carbonyl (C=O) groups excluding carboxylic acids is 1. The number of halogens is 2. The lowest BCUT2D eigenvalue weighted by Crippen LogP contribution is -2.29. The van der Waals surface area contributed by atoms with Gasteiger partial charge in [-0.25, -0.2) is 0 Å². The van der Waals surface area contributed by atoms with Crippen LogP contribution < -0.4 is 11.1 Å². The molecule has 0 unspecified atom stereocenters. The minimum absolute atomic E-state index is 0. The van der Waals surface area contributed by atoms with Crippen LogP contribution in [0.5, 0.6) is 0 Å². The van der Waals surface area contributed by atoms with E-state index in [9.17, 15) is 4.79 Å². The number of nitrogens with one attached hydrogen (secondary N) is 1. The highest BCUT2D eigenvalue weighted by Crippen LogP contribution is 2.08. The molecule has 0 radical (unpaired) electrons. The molecule has 6 heteroatoms. The van der Waals surface area contributed by atoms with Crippen molar-refractivity contribution in [2.45, 2.75) is 26.9 Å². The van der Waals surface area contributed by atoms with Crippen molar-refractivity contribution in [3.8, 4) is 0 Å². The molecule has 4 nitrogen and oxygen atoms in total. The summed E-state index contributed by atoms with van der Waals surface area (Å²) in [6.07, 6.45) is 0. The molecule has 0 spiro atoms. The molecule has 0 aliphatic heterocycles. The molecule has 0 saturated heterocycles. The van der Waals surface area contributed by atoms with Crippen LogP contribution in [0, 0.1) is 0 Å². The Bertz CT molecular complexity index is 384. The topological polar surface area (TPSA) is 58.4 Å². The van der Waals surface area contributed by atoms with Gasteiger partial charge in [0.2, 0.25) is 5.91 Å². The molecule has 0 heterocycles. The van der Waals surface area contributed by atoms with E-state index in [1.807, 2.05) is 12.1 Å². The van der Waals surface area contributed by atoms with E-state index in [4.69, 9.17) is 5.73 Å². The predicted octanol–water partition coefficient (Wildman–Crippen LogP) is 1.95. The summed E-state index contributed by atoms with van der Waals surface area (Å²) < 4.78 is 0. The molecule has 0 saturated carbocycles. The summed E-state index contributed by atoms with van der Waals surface area (Å²) in [5.41, 5.74) is 7.64. The maximum atomic E-state index is 11.1. The molecule has 1 aromatic rings. The first-order valence-electron chi connectivity index (χ1n) is 6.46. The Balaban J connectivity index is 0.